The van der Waals surface area contributed by atoms with Crippen molar-refractivity contribution in [2.24, 2.45) is 5.41 Å². The Bertz CT molecular complexity index is 2710. The third kappa shape index (κ3) is 6.17. The minimum absolute atomic E-state index is 0.0990. The Morgan fingerprint density at radius 1 is 0.667 bits per heavy atom. The molecule has 0 atom stereocenters. The normalized spacial score (nSPS) is 13.4. The van der Waals surface area contributed by atoms with Gasteiger partial charge in [-0.05, 0) is 93.6 Å². The molecule has 272 valence electrons. The van der Waals surface area contributed by atoms with Gasteiger partial charge in [0.15, 0.2) is 0 Å². The molecular formula is C48H43F3N2O. The van der Waals surface area contributed by atoms with Gasteiger partial charge >= 0.3 is 6.18 Å². The van der Waals surface area contributed by atoms with E-state index >= 15 is 0 Å². The molecule has 0 unspecified atom stereocenters. The number of aromatic nitrogens is 2. The lowest BCUT2D eigenvalue weighted by Gasteiger charge is -2.27. The van der Waals surface area contributed by atoms with Crippen molar-refractivity contribution in [3.63, 3.8) is 0 Å². The van der Waals surface area contributed by atoms with Crippen LogP contribution in [-0.2, 0) is 6.37 Å². The minimum Gasteiger partial charge on any atom is -0.455 e. The van der Waals surface area contributed by atoms with Gasteiger partial charge in [0.05, 0.1) is 27.7 Å². The van der Waals surface area contributed by atoms with Crippen molar-refractivity contribution < 1.29 is 20.3 Å². The monoisotopic (exact) mass is 722 g/mol. The number of fused-ring (bicyclic) bond motifs is 4. The maximum absolute atomic E-state index is 14.1. The van der Waals surface area contributed by atoms with Crippen LogP contribution in [-0.4, -0.2) is 15.7 Å². The first-order chi connectivity index (χ1) is 26.6. The number of benzene rings is 6. The second kappa shape index (κ2) is 13.3. The van der Waals surface area contributed by atoms with E-state index in [1.807, 2.05) is 42.5 Å². The predicted molar refractivity (Wildman–Crippen MR) is 216 cm³/mol. The topological polar surface area (TPSA) is 31.0 Å². The van der Waals surface area contributed by atoms with Crippen molar-refractivity contribution in [1.82, 2.24) is 9.55 Å². The van der Waals surface area contributed by atoms with Crippen molar-refractivity contribution in [2.75, 3.05) is 0 Å². The highest BCUT2D eigenvalue weighted by atomic mass is 19.4. The zero-order valence-corrected chi connectivity index (χ0v) is 31.2. The highest BCUT2D eigenvalue weighted by Crippen LogP contribution is 2.44. The van der Waals surface area contributed by atoms with Crippen LogP contribution < -0.4 is 0 Å². The lowest BCUT2D eigenvalue weighted by Crippen LogP contribution is -2.34. The van der Waals surface area contributed by atoms with Crippen LogP contribution in [0.4, 0.5) is 13.2 Å². The van der Waals surface area contributed by atoms with Gasteiger partial charge in [0.25, 0.3) is 0 Å². The smallest absolute Gasteiger partial charge is 0.394 e. The third-order valence-electron chi connectivity index (χ3n) is 10.4. The van der Waals surface area contributed by atoms with Gasteiger partial charge in [-0.2, -0.15) is 13.2 Å². The Kier molecular flexibility index (Phi) is 8.15. The molecule has 0 N–H and O–H groups in total. The van der Waals surface area contributed by atoms with Gasteiger partial charge in [0.1, 0.15) is 17.0 Å². The van der Waals surface area contributed by atoms with E-state index < -0.39 is 18.0 Å². The second-order valence-corrected chi connectivity index (χ2v) is 15.3. The summed E-state index contributed by atoms with van der Waals surface area (Å²) in [6.07, 6.45) is -7.48. The molecule has 0 bridgehead atoms. The molecule has 0 spiro atoms. The second-order valence-electron chi connectivity index (χ2n) is 15.3. The van der Waals surface area contributed by atoms with E-state index in [9.17, 15) is 13.2 Å². The van der Waals surface area contributed by atoms with E-state index in [4.69, 9.17) is 12.1 Å². The van der Waals surface area contributed by atoms with Crippen molar-refractivity contribution in [3.8, 4) is 39.3 Å². The zero-order valence-electron chi connectivity index (χ0n) is 33.2. The van der Waals surface area contributed by atoms with Gasteiger partial charge in [-0.25, -0.2) is 4.98 Å². The molecule has 8 rings (SSSR count). The fraction of sp³-hybridized carbons (Fsp3) is 0.229. The van der Waals surface area contributed by atoms with E-state index in [1.165, 1.54) is 28.8 Å². The molecule has 0 radical (unpaired) electrons. The molecule has 0 aliphatic carbocycles. The van der Waals surface area contributed by atoms with Crippen molar-refractivity contribution in [2.45, 2.75) is 65.9 Å². The lowest BCUT2D eigenvalue weighted by molar-refractivity contribution is -0.211. The number of hydrogen-bond acceptors (Lipinski definition) is 2. The molecule has 6 aromatic carbocycles. The maximum Gasteiger partial charge on any atom is 0.394 e. The average Bonchev–Trinajstić information content (AvgIpc) is 3.75. The number of furan rings is 1. The summed E-state index contributed by atoms with van der Waals surface area (Å²) in [6, 6.07) is 42.0. The lowest BCUT2D eigenvalue weighted by atomic mass is 9.85. The van der Waals surface area contributed by atoms with Crippen molar-refractivity contribution >= 4 is 33.0 Å². The van der Waals surface area contributed by atoms with Crippen LogP contribution in [0.25, 0.3) is 72.3 Å². The molecule has 0 fully saturated rings. The summed E-state index contributed by atoms with van der Waals surface area (Å²) in [5, 5.41) is 1.45. The van der Waals surface area contributed by atoms with E-state index in [2.05, 4.69) is 99.0 Å². The predicted octanol–water partition coefficient (Wildman–Crippen LogP) is 14.3. The average molecular weight is 723 g/mol. The minimum atomic E-state index is -4.76. The first-order valence-corrected chi connectivity index (χ1v) is 18.4. The summed E-state index contributed by atoms with van der Waals surface area (Å²) >= 11 is 0. The van der Waals surface area contributed by atoms with E-state index in [0.717, 1.165) is 58.2 Å². The highest BCUT2D eigenvalue weighted by molar-refractivity contribution is 6.09. The summed E-state index contributed by atoms with van der Waals surface area (Å²) in [7, 11) is 0. The van der Waals surface area contributed by atoms with Crippen LogP contribution in [0.3, 0.4) is 0 Å². The summed E-state index contributed by atoms with van der Waals surface area (Å²) in [6.45, 7) is 10.6. The Morgan fingerprint density at radius 2 is 1.28 bits per heavy atom. The molecule has 0 amide bonds. The third-order valence-corrected chi connectivity index (χ3v) is 10.4. The number of hydrogen-bond donors (Lipinski definition) is 0. The molecule has 0 saturated carbocycles. The van der Waals surface area contributed by atoms with Gasteiger partial charge in [0, 0.05) is 13.5 Å². The summed E-state index contributed by atoms with van der Waals surface area (Å²) in [5.41, 5.74) is 8.55. The fourth-order valence-corrected chi connectivity index (χ4v) is 7.39. The molecule has 0 saturated heterocycles. The molecule has 2 heterocycles. The zero-order chi connectivity index (χ0) is 39.7. The molecule has 0 aliphatic rings. The van der Waals surface area contributed by atoms with Crippen LogP contribution in [0.5, 0.6) is 0 Å². The fourth-order valence-electron chi connectivity index (χ4n) is 7.39. The van der Waals surface area contributed by atoms with E-state index in [1.54, 1.807) is 6.07 Å². The SMILES string of the molecule is [2H]C([2H])(c1ccc2c(c1)oc1c(-c3nc4ccccc4n3-c3c(C(C)C)cc(-c4ccc(-c5ccccc5)cc4)cc3C(C)C)cccc12)C(C)(C)C(F)(F)F. The first-order valence-electron chi connectivity index (χ1n) is 19.4. The van der Waals surface area contributed by atoms with Crippen molar-refractivity contribution in [3.05, 3.63) is 144 Å². The Morgan fingerprint density at radius 3 is 1.93 bits per heavy atom. The molecule has 2 aromatic heterocycles. The van der Waals surface area contributed by atoms with Gasteiger partial charge in [-0.3, -0.25) is 4.57 Å². The quantitative estimate of drug-likeness (QED) is 0.156. The molecule has 6 heteroatoms. The molecule has 3 nitrogen and oxygen atoms in total. The Labute approximate surface area is 316 Å². The largest absolute Gasteiger partial charge is 0.455 e. The Hall–Kier alpha value is -5.62. The standard InChI is InChI=1S/C48H43F3N2O/c1-29(2)39-26-35(34-22-20-33(21-23-34)32-13-8-7-9-14-32)27-40(30(3)4)44(39)53-42-18-11-10-17-41(42)52-46(53)38-16-12-15-37-36-24-19-31(25-43(36)54-45(37)38)28-47(5,6)48(49,50)51/h7-27,29-30H,28H2,1-6H3/i28D2. The number of alkyl halides is 3. The molecule has 8 aromatic rings. The van der Waals surface area contributed by atoms with Gasteiger partial charge in [0.2, 0.25) is 0 Å². The van der Waals surface area contributed by atoms with Gasteiger partial charge in [-0.1, -0.05) is 133 Å². The van der Waals surface area contributed by atoms with E-state index in [-0.39, 0.29) is 17.4 Å². The number of halogens is 3. The Balaban J connectivity index is 1.33. The van der Waals surface area contributed by atoms with Crippen molar-refractivity contribution in [1.29, 1.82) is 0 Å². The summed E-state index contributed by atoms with van der Waals surface area (Å²) in [5.74, 6) is 0.973. The maximum atomic E-state index is 14.1. The number of rotatable bonds is 8. The van der Waals surface area contributed by atoms with Gasteiger partial charge < -0.3 is 4.42 Å². The van der Waals surface area contributed by atoms with Crippen LogP contribution in [0, 0.1) is 5.41 Å². The van der Waals surface area contributed by atoms with Crippen LogP contribution >= 0.6 is 0 Å². The van der Waals surface area contributed by atoms with Crippen LogP contribution in [0.15, 0.2) is 132 Å². The number of nitrogens with zero attached hydrogens (tertiary/aromatic N) is 2. The van der Waals surface area contributed by atoms with Crippen LogP contribution in [0.2, 0.25) is 0 Å². The molecular weight excluding hydrogens is 678 g/mol. The number of imidazole rings is 1. The first kappa shape index (κ1) is 33.0. The van der Waals surface area contributed by atoms with E-state index in [0.29, 0.717) is 22.4 Å². The molecule has 54 heavy (non-hydrogen) atoms. The van der Waals surface area contributed by atoms with Gasteiger partial charge in [-0.15, -0.1) is 0 Å². The highest BCUT2D eigenvalue weighted by Gasteiger charge is 2.47. The molecule has 0 aliphatic heterocycles. The summed E-state index contributed by atoms with van der Waals surface area (Å²) in [4.78, 5) is 5.23. The van der Waals surface area contributed by atoms with Crippen LogP contribution in [0.1, 0.15) is 72.8 Å². The summed E-state index contributed by atoms with van der Waals surface area (Å²) < 4.78 is 68.2. The number of para-hydroxylation sites is 3.